The van der Waals surface area contributed by atoms with E-state index >= 15 is 0 Å². The second kappa shape index (κ2) is 5.94. The average Bonchev–Trinajstić information content (AvgIpc) is 2.38. The minimum atomic E-state index is -1.50. The number of hydrogen-bond acceptors (Lipinski definition) is 7. The predicted octanol–water partition coefficient (Wildman–Crippen LogP) is -1.12. The molecule has 0 aromatic heterocycles. The Hall–Kier alpha value is -1.38. The molecule has 0 radical (unpaired) electrons. The summed E-state index contributed by atoms with van der Waals surface area (Å²) in [6.07, 6.45) is -6.69. The largest absolute Gasteiger partial charge is 0.508 e. The molecule has 1 aliphatic heterocycles. The Morgan fingerprint density at radius 2 is 1.80 bits per heavy atom. The molecule has 1 heterocycles. The van der Waals surface area contributed by atoms with Gasteiger partial charge in [0.05, 0.1) is 6.61 Å². The maximum absolute atomic E-state index is 9.82. The van der Waals surface area contributed by atoms with Crippen LogP contribution in [0.3, 0.4) is 0 Å². The Kier molecular flexibility index (Phi) is 4.46. The Labute approximate surface area is 115 Å². The molecule has 7 heteroatoms. The Balaban J connectivity index is 2.15. The zero-order valence-corrected chi connectivity index (χ0v) is 10.9. The highest BCUT2D eigenvalue weighted by Crippen LogP contribution is 2.27. The molecule has 1 aromatic rings. The van der Waals surface area contributed by atoms with E-state index < -0.39 is 37.3 Å². The Morgan fingerprint density at radius 1 is 1.10 bits per heavy atom. The van der Waals surface area contributed by atoms with Crippen molar-refractivity contribution in [1.29, 1.82) is 0 Å². The van der Waals surface area contributed by atoms with E-state index in [-0.39, 0.29) is 11.5 Å². The van der Waals surface area contributed by atoms with Crippen molar-refractivity contribution < 1.29 is 35.0 Å². The monoisotopic (exact) mass is 286 g/mol. The van der Waals surface area contributed by atoms with Crippen molar-refractivity contribution in [3.63, 3.8) is 0 Å². The third-order valence-corrected chi connectivity index (χ3v) is 3.14. The normalized spacial score (nSPS) is 34.0. The van der Waals surface area contributed by atoms with Gasteiger partial charge in [0.1, 0.15) is 35.9 Å². The number of aromatic hydroxyl groups is 1. The van der Waals surface area contributed by atoms with E-state index in [2.05, 4.69) is 0 Å². The lowest BCUT2D eigenvalue weighted by molar-refractivity contribution is -0.277. The van der Waals surface area contributed by atoms with Crippen molar-refractivity contribution in [2.24, 2.45) is 0 Å². The number of phenols is 1. The fraction of sp³-hybridized carbons (Fsp3) is 0.538. The molecule has 1 saturated heterocycles. The molecule has 0 unspecified atom stereocenters. The van der Waals surface area contributed by atoms with Gasteiger partial charge in [-0.3, -0.25) is 0 Å². The van der Waals surface area contributed by atoms with Crippen LogP contribution in [0.5, 0.6) is 11.5 Å². The number of ether oxygens (including phenoxy) is 2. The van der Waals surface area contributed by atoms with Gasteiger partial charge in [0.15, 0.2) is 0 Å². The Morgan fingerprint density at radius 3 is 2.40 bits per heavy atom. The van der Waals surface area contributed by atoms with Crippen molar-refractivity contribution in [3.8, 4) is 11.5 Å². The van der Waals surface area contributed by atoms with E-state index in [4.69, 9.17) is 14.6 Å². The van der Waals surface area contributed by atoms with Gasteiger partial charge in [-0.05, 0) is 24.6 Å². The minimum Gasteiger partial charge on any atom is -0.508 e. The molecule has 112 valence electrons. The van der Waals surface area contributed by atoms with E-state index in [0.29, 0.717) is 0 Å². The van der Waals surface area contributed by atoms with Gasteiger partial charge < -0.3 is 35.0 Å². The summed E-state index contributed by atoms with van der Waals surface area (Å²) in [5.74, 6) is 0.233. The lowest BCUT2D eigenvalue weighted by atomic mass is 9.99. The van der Waals surface area contributed by atoms with Crippen molar-refractivity contribution in [2.45, 2.75) is 37.6 Å². The van der Waals surface area contributed by atoms with Gasteiger partial charge in [-0.1, -0.05) is 0 Å². The van der Waals surface area contributed by atoms with E-state index in [1.807, 2.05) is 0 Å². The maximum atomic E-state index is 9.82. The van der Waals surface area contributed by atoms with Crippen molar-refractivity contribution in [3.05, 3.63) is 23.8 Å². The summed E-state index contributed by atoms with van der Waals surface area (Å²) >= 11 is 0. The second-order valence-corrected chi connectivity index (χ2v) is 4.82. The summed E-state index contributed by atoms with van der Waals surface area (Å²) in [6, 6.07) is 4.47. The summed E-state index contributed by atoms with van der Waals surface area (Å²) in [5.41, 5.74) is 0.740. The SMILES string of the molecule is Cc1cc(O)cc(O[C@@H]2O[C@H](CO)[C@@H](O)[C@H](O)[C@H]2O)c1. The highest BCUT2D eigenvalue weighted by atomic mass is 16.7. The first kappa shape index (κ1) is 15.0. The average molecular weight is 286 g/mol. The van der Waals surface area contributed by atoms with Crippen LogP contribution >= 0.6 is 0 Å². The number of rotatable bonds is 3. The van der Waals surface area contributed by atoms with E-state index in [9.17, 15) is 20.4 Å². The summed E-state index contributed by atoms with van der Waals surface area (Å²) in [7, 11) is 0. The fourth-order valence-corrected chi connectivity index (χ4v) is 2.10. The third kappa shape index (κ3) is 3.02. The first-order valence-electron chi connectivity index (χ1n) is 6.20. The number of phenolic OH excluding ortho intramolecular Hbond substituents is 1. The van der Waals surface area contributed by atoms with Gasteiger partial charge >= 0.3 is 0 Å². The lowest BCUT2D eigenvalue weighted by Gasteiger charge is -2.39. The maximum Gasteiger partial charge on any atom is 0.229 e. The minimum absolute atomic E-state index is 0.00964. The van der Waals surface area contributed by atoms with Crippen LogP contribution in [0.2, 0.25) is 0 Å². The molecule has 0 aliphatic carbocycles. The molecule has 0 saturated carbocycles. The highest BCUT2D eigenvalue weighted by molar-refractivity contribution is 5.36. The molecule has 0 bridgehead atoms. The number of aliphatic hydroxyl groups excluding tert-OH is 4. The molecular formula is C13H18O7. The van der Waals surface area contributed by atoms with Crippen molar-refractivity contribution >= 4 is 0 Å². The van der Waals surface area contributed by atoms with Gasteiger partial charge in [0.25, 0.3) is 0 Å². The van der Waals surface area contributed by atoms with Crippen LogP contribution in [0.25, 0.3) is 0 Å². The van der Waals surface area contributed by atoms with Crippen molar-refractivity contribution in [1.82, 2.24) is 0 Å². The molecule has 1 aromatic carbocycles. The highest BCUT2D eigenvalue weighted by Gasteiger charge is 2.44. The van der Waals surface area contributed by atoms with Crippen LogP contribution in [0, 0.1) is 6.92 Å². The van der Waals surface area contributed by atoms with Crippen molar-refractivity contribution in [2.75, 3.05) is 6.61 Å². The topological polar surface area (TPSA) is 120 Å². The second-order valence-electron chi connectivity index (χ2n) is 4.82. The zero-order valence-electron chi connectivity index (χ0n) is 10.9. The molecule has 1 aliphatic rings. The molecule has 7 nitrogen and oxygen atoms in total. The lowest BCUT2D eigenvalue weighted by Crippen LogP contribution is -2.60. The van der Waals surface area contributed by atoms with Gasteiger partial charge in [-0.2, -0.15) is 0 Å². The van der Waals surface area contributed by atoms with Crippen LogP contribution in [-0.4, -0.2) is 62.8 Å². The van der Waals surface area contributed by atoms with Crippen LogP contribution < -0.4 is 4.74 Å². The quantitative estimate of drug-likeness (QED) is 0.477. The van der Waals surface area contributed by atoms with E-state index in [1.54, 1.807) is 13.0 Å². The molecule has 1 fully saturated rings. The van der Waals surface area contributed by atoms with Crippen LogP contribution in [0.1, 0.15) is 5.56 Å². The smallest absolute Gasteiger partial charge is 0.229 e. The summed E-state index contributed by atoms with van der Waals surface area (Å²) in [5, 5.41) is 47.6. The molecule has 0 amide bonds. The van der Waals surface area contributed by atoms with E-state index in [1.165, 1.54) is 12.1 Å². The molecule has 5 N–H and O–H groups in total. The van der Waals surface area contributed by atoms with Gasteiger partial charge in [-0.25, -0.2) is 0 Å². The Bertz CT molecular complexity index is 442. The van der Waals surface area contributed by atoms with Crippen LogP contribution in [0.4, 0.5) is 0 Å². The molecular weight excluding hydrogens is 268 g/mol. The van der Waals surface area contributed by atoms with Crippen LogP contribution in [0.15, 0.2) is 18.2 Å². The van der Waals surface area contributed by atoms with E-state index in [0.717, 1.165) is 5.56 Å². The first-order valence-corrected chi connectivity index (χ1v) is 6.20. The fourth-order valence-electron chi connectivity index (χ4n) is 2.10. The summed E-state index contributed by atoms with van der Waals surface area (Å²) < 4.78 is 10.6. The number of aliphatic hydroxyl groups is 4. The molecule has 5 atom stereocenters. The predicted molar refractivity (Wildman–Crippen MR) is 67.2 cm³/mol. The number of benzene rings is 1. The molecule has 20 heavy (non-hydrogen) atoms. The molecule has 2 rings (SSSR count). The standard InChI is InChI=1S/C13H18O7/c1-6-2-7(15)4-8(3-6)19-13-12(18)11(17)10(16)9(5-14)20-13/h2-4,9-18H,5H2,1H3/t9-,10-,11+,12-,13-/m1/s1. The molecule has 0 spiro atoms. The summed E-state index contributed by atoms with van der Waals surface area (Å²) in [6.45, 7) is 1.23. The number of aryl methyl sites for hydroxylation is 1. The van der Waals surface area contributed by atoms with Gasteiger partial charge in [0.2, 0.25) is 6.29 Å². The zero-order chi connectivity index (χ0) is 14.9. The number of hydrogen-bond donors (Lipinski definition) is 5. The third-order valence-electron chi connectivity index (χ3n) is 3.14. The van der Waals surface area contributed by atoms with Gasteiger partial charge in [-0.15, -0.1) is 0 Å². The first-order chi connectivity index (χ1) is 9.42. The van der Waals surface area contributed by atoms with Crippen LogP contribution in [-0.2, 0) is 4.74 Å². The van der Waals surface area contributed by atoms with Gasteiger partial charge in [0, 0.05) is 6.07 Å². The summed E-state index contributed by atoms with van der Waals surface area (Å²) in [4.78, 5) is 0.